The van der Waals surface area contributed by atoms with Gasteiger partial charge in [0.25, 0.3) is 0 Å². The van der Waals surface area contributed by atoms with Gasteiger partial charge in [0.15, 0.2) is 0 Å². The van der Waals surface area contributed by atoms with Crippen LogP contribution in [0, 0.1) is 0 Å². The van der Waals surface area contributed by atoms with E-state index < -0.39 is 0 Å². The van der Waals surface area contributed by atoms with Crippen LogP contribution in [0.4, 0.5) is 5.82 Å². The van der Waals surface area contributed by atoms with Crippen molar-refractivity contribution < 1.29 is 4.79 Å². The second-order valence-electron chi connectivity index (χ2n) is 8.24. The smallest absolute Gasteiger partial charge is 0.242 e. The molecule has 1 amide bonds. The highest BCUT2D eigenvalue weighted by Gasteiger charge is 2.29. The van der Waals surface area contributed by atoms with Crippen LogP contribution in [-0.4, -0.2) is 58.6 Å². The number of rotatable bonds is 5. The number of hydrogen-bond acceptors (Lipinski definition) is 5. The van der Waals surface area contributed by atoms with Crippen LogP contribution in [0.2, 0.25) is 0 Å². The minimum absolute atomic E-state index is 0.120. The number of carbonyl (C=O) groups is 1. The van der Waals surface area contributed by atoms with Crippen LogP contribution in [0.25, 0.3) is 5.65 Å². The number of amides is 1. The van der Waals surface area contributed by atoms with Gasteiger partial charge >= 0.3 is 0 Å². The van der Waals surface area contributed by atoms with E-state index in [9.17, 15) is 4.79 Å². The highest BCUT2D eigenvalue weighted by Crippen LogP contribution is 2.28. The molecule has 0 aliphatic carbocycles. The number of imidazole rings is 1. The molecule has 7 nitrogen and oxygen atoms in total. The largest absolute Gasteiger partial charge is 0.300 e. The summed E-state index contributed by atoms with van der Waals surface area (Å²) in [4.78, 5) is 25.9. The topological polar surface area (TPSA) is 65.2 Å². The number of piperidine rings is 1. The van der Waals surface area contributed by atoms with Gasteiger partial charge in [0.2, 0.25) is 5.91 Å². The SMILES string of the molecule is C=CN=C(C(=C)C)C1CCCC(c2cn3c(N4CCN(C)CC4=O)cccc3n2)N1. The number of carbonyl (C=O) groups excluding carboxylic acids is 1. The fourth-order valence-corrected chi connectivity index (χ4v) is 4.42. The zero-order chi connectivity index (χ0) is 21.3. The van der Waals surface area contributed by atoms with Gasteiger partial charge in [-0.2, -0.15) is 0 Å². The Morgan fingerprint density at radius 2 is 2.17 bits per heavy atom. The summed E-state index contributed by atoms with van der Waals surface area (Å²) in [6.07, 6.45) is 6.77. The maximum absolute atomic E-state index is 12.6. The van der Waals surface area contributed by atoms with Crippen molar-refractivity contribution in [1.29, 1.82) is 0 Å². The standard InChI is InChI=1S/C23H30N6O/c1-5-24-23(16(2)3)18-9-6-8-17(25-18)19-14-29-20(26-19)10-7-11-21(29)28-13-12-27(4)15-22(28)30/h5,7,10-11,14,17-18,25H,1-2,6,8-9,12-13,15H2,3-4H3. The van der Waals surface area contributed by atoms with E-state index in [0.29, 0.717) is 13.1 Å². The molecule has 0 spiro atoms. The predicted molar refractivity (Wildman–Crippen MR) is 121 cm³/mol. The van der Waals surface area contributed by atoms with E-state index in [0.717, 1.165) is 54.3 Å². The molecule has 2 saturated heterocycles. The van der Waals surface area contributed by atoms with Crippen molar-refractivity contribution in [2.45, 2.75) is 38.3 Å². The number of aromatic nitrogens is 2. The van der Waals surface area contributed by atoms with Crippen molar-refractivity contribution in [3.05, 3.63) is 55.0 Å². The van der Waals surface area contributed by atoms with Gasteiger partial charge in [-0.25, -0.2) is 4.98 Å². The lowest BCUT2D eigenvalue weighted by Crippen LogP contribution is -2.49. The Kier molecular flexibility index (Phi) is 5.83. The Labute approximate surface area is 177 Å². The van der Waals surface area contributed by atoms with E-state index in [1.54, 1.807) is 6.20 Å². The molecule has 0 aromatic carbocycles. The number of nitrogens with zero attached hydrogens (tertiary/aromatic N) is 5. The van der Waals surface area contributed by atoms with Gasteiger partial charge in [0, 0.05) is 25.5 Å². The number of hydrogen-bond donors (Lipinski definition) is 1. The normalized spacial score (nSPS) is 23.7. The maximum atomic E-state index is 12.6. The highest BCUT2D eigenvalue weighted by molar-refractivity contribution is 6.03. The maximum Gasteiger partial charge on any atom is 0.242 e. The summed E-state index contributed by atoms with van der Waals surface area (Å²) in [6, 6.07) is 6.23. The number of likely N-dealkylation sites (N-methyl/N-ethyl adjacent to an activating group) is 1. The molecule has 2 unspecified atom stereocenters. The average molecular weight is 407 g/mol. The Hall–Kier alpha value is -2.77. The van der Waals surface area contributed by atoms with Gasteiger partial charge in [-0.15, -0.1) is 0 Å². The average Bonchev–Trinajstić information content (AvgIpc) is 3.17. The summed E-state index contributed by atoms with van der Waals surface area (Å²) >= 11 is 0. The summed E-state index contributed by atoms with van der Waals surface area (Å²) in [5.41, 5.74) is 3.77. The summed E-state index contributed by atoms with van der Waals surface area (Å²) in [6.45, 7) is 11.8. The van der Waals surface area contributed by atoms with Crippen molar-refractivity contribution in [3.8, 4) is 0 Å². The third kappa shape index (κ3) is 3.95. The van der Waals surface area contributed by atoms with Crippen LogP contribution in [-0.2, 0) is 4.79 Å². The van der Waals surface area contributed by atoms with E-state index in [1.165, 1.54) is 0 Å². The zero-order valence-corrected chi connectivity index (χ0v) is 17.8. The van der Waals surface area contributed by atoms with E-state index in [-0.39, 0.29) is 18.0 Å². The monoisotopic (exact) mass is 406 g/mol. The highest BCUT2D eigenvalue weighted by atomic mass is 16.2. The quantitative estimate of drug-likeness (QED) is 0.776. The molecular formula is C23H30N6O. The number of piperazine rings is 1. The van der Waals surface area contributed by atoms with E-state index in [2.05, 4.69) is 29.7 Å². The number of aliphatic imine (C=N–C) groups is 1. The zero-order valence-electron chi connectivity index (χ0n) is 17.8. The fraction of sp³-hybridized carbons (Fsp3) is 0.435. The first-order valence-electron chi connectivity index (χ1n) is 10.6. The first kappa shape index (κ1) is 20.5. The number of nitrogens with one attached hydrogen (secondary N) is 1. The first-order valence-corrected chi connectivity index (χ1v) is 10.6. The first-order chi connectivity index (χ1) is 14.5. The van der Waals surface area contributed by atoms with Gasteiger partial charge in [-0.1, -0.05) is 19.2 Å². The molecule has 2 aliphatic heterocycles. The number of fused-ring (bicyclic) bond motifs is 1. The minimum atomic E-state index is 0.120. The lowest BCUT2D eigenvalue weighted by molar-refractivity contribution is -0.120. The third-order valence-corrected chi connectivity index (χ3v) is 5.92. The van der Waals surface area contributed by atoms with E-state index in [1.807, 2.05) is 46.4 Å². The molecule has 0 saturated carbocycles. The van der Waals surface area contributed by atoms with Crippen LogP contribution in [0.15, 0.2) is 54.3 Å². The lowest BCUT2D eigenvalue weighted by atomic mass is 9.92. The molecule has 158 valence electrons. The minimum Gasteiger partial charge on any atom is -0.300 e. The van der Waals surface area contributed by atoms with Crippen LogP contribution in [0.1, 0.15) is 37.9 Å². The molecule has 0 bridgehead atoms. The van der Waals surface area contributed by atoms with Crippen LogP contribution in [0.5, 0.6) is 0 Å². The molecule has 2 aliphatic rings. The van der Waals surface area contributed by atoms with Crippen molar-refractivity contribution in [2.24, 2.45) is 4.99 Å². The second-order valence-corrected chi connectivity index (χ2v) is 8.24. The summed E-state index contributed by atoms with van der Waals surface area (Å²) in [7, 11) is 1.98. The van der Waals surface area contributed by atoms with Gasteiger partial charge in [-0.3, -0.25) is 24.0 Å². The van der Waals surface area contributed by atoms with Crippen molar-refractivity contribution in [2.75, 3.05) is 31.6 Å². The molecule has 2 atom stereocenters. The molecule has 30 heavy (non-hydrogen) atoms. The van der Waals surface area contributed by atoms with Gasteiger partial charge in [-0.05, 0) is 50.9 Å². The number of anilines is 1. The second kappa shape index (κ2) is 8.53. The molecule has 7 heteroatoms. The summed E-state index contributed by atoms with van der Waals surface area (Å²) in [5.74, 6) is 1.00. The van der Waals surface area contributed by atoms with Gasteiger partial charge < -0.3 is 5.32 Å². The van der Waals surface area contributed by atoms with Crippen LogP contribution in [0.3, 0.4) is 0 Å². The van der Waals surface area contributed by atoms with Crippen molar-refractivity contribution in [1.82, 2.24) is 19.6 Å². The van der Waals surface area contributed by atoms with Gasteiger partial charge in [0.1, 0.15) is 11.5 Å². The molecule has 2 fully saturated rings. The Balaban J connectivity index is 1.62. The van der Waals surface area contributed by atoms with Crippen LogP contribution >= 0.6 is 0 Å². The molecule has 4 rings (SSSR count). The third-order valence-electron chi connectivity index (χ3n) is 5.92. The Bertz CT molecular complexity index is 1010. The molecule has 2 aromatic rings. The van der Waals surface area contributed by atoms with Gasteiger partial charge in [0.05, 0.1) is 30.0 Å². The molecule has 0 radical (unpaired) electrons. The fourth-order valence-electron chi connectivity index (χ4n) is 4.42. The van der Waals surface area contributed by atoms with Crippen LogP contribution < -0.4 is 10.2 Å². The molecule has 2 aromatic heterocycles. The van der Waals surface area contributed by atoms with Crippen molar-refractivity contribution >= 4 is 23.1 Å². The predicted octanol–water partition coefficient (Wildman–Crippen LogP) is 2.96. The lowest BCUT2D eigenvalue weighted by Gasteiger charge is -2.32. The number of pyridine rings is 1. The Morgan fingerprint density at radius 3 is 2.90 bits per heavy atom. The Morgan fingerprint density at radius 1 is 1.33 bits per heavy atom. The summed E-state index contributed by atoms with van der Waals surface area (Å²) in [5, 5.41) is 3.71. The van der Waals surface area contributed by atoms with E-state index in [4.69, 9.17) is 4.98 Å². The van der Waals surface area contributed by atoms with Crippen molar-refractivity contribution in [3.63, 3.8) is 0 Å². The molecular weight excluding hydrogens is 376 g/mol. The molecule has 4 heterocycles. The van der Waals surface area contributed by atoms with E-state index >= 15 is 0 Å². The summed E-state index contributed by atoms with van der Waals surface area (Å²) < 4.78 is 2.04. The molecule has 1 N–H and O–H groups in total.